The van der Waals surface area contributed by atoms with E-state index < -0.39 is 16.0 Å². The van der Waals surface area contributed by atoms with Gasteiger partial charge in [0.2, 0.25) is 0 Å². The highest BCUT2D eigenvalue weighted by molar-refractivity contribution is 5.31. The standard InChI is InChI=1S/C10H12N2O5/c13-9-6-2-1-4-8(9)5-3-7-10(11(14)15)12(16)17/h1-2,4,6,10,13H,3,5,7H2. The number of benzene rings is 1. The fourth-order valence-electron chi connectivity index (χ4n) is 1.49. The molecule has 0 aliphatic carbocycles. The molecule has 7 nitrogen and oxygen atoms in total. The van der Waals surface area contributed by atoms with Gasteiger partial charge in [-0.3, -0.25) is 20.2 Å². The molecule has 0 unspecified atom stereocenters. The molecule has 0 radical (unpaired) electrons. The highest BCUT2D eigenvalue weighted by Gasteiger charge is 2.30. The minimum absolute atomic E-state index is 0.103. The Morgan fingerprint density at radius 3 is 2.29 bits per heavy atom. The first-order chi connectivity index (χ1) is 8.02. The second-order valence-corrected chi connectivity index (χ2v) is 3.57. The molecule has 92 valence electrons. The first kappa shape index (κ1) is 12.9. The number of phenols is 1. The average Bonchev–Trinajstić information content (AvgIpc) is 2.25. The van der Waals surface area contributed by atoms with Crippen LogP contribution in [-0.2, 0) is 6.42 Å². The van der Waals surface area contributed by atoms with Crippen molar-refractivity contribution >= 4 is 0 Å². The van der Waals surface area contributed by atoms with Crippen LogP contribution in [0.4, 0.5) is 0 Å². The summed E-state index contributed by atoms with van der Waals surface area (Å²) in [6.45, 7) is 0. The molecule has 0 atom stereocenters. The highest BCUT2D eigenvalue weighted by atomic mass is 16.7. The lowest BCUT2D eigenvalue weighted by atomic mass is 10.1. The van der Waals surface area contributed by atoms with Crippen molar-refractivity contribution < 1.29 is 15.0 Å². The zero-order valence-electron chi connectivity index (χ0n) is 8.98. The third-order valence-corrected chi connectivity index (χ3v) is 2.39. The van der Waals surface area contributed by atoms with Gasteiger partial charge in [0, 0.05) is 0 Å². The lowest BCUT2D eigenvalue weighted by molar-refractivity contribution is -0.743. The SMILES string of the molecule is O=[N+]([O-])C(CCCc1ccccc1O)[N+](=O)[O-]. The highest BCUT2D eigenvalue weighted by Crippen LogP contribution is 2.18. The normalized spacial score (nSPS) is 10.4. The number of nitro groups is 2. The molecule has 1 N–H and O–H groups in total. The zero-order valence-corrected chi connectivity index (χ0v) is 8.98. The number of nitrogens with zero attached hydrogens (tertiary/aromatic N) is 2. The number of hydrogen-bond acceptors (Lipinski definition) is 5. The van der Waals surface area contributed by atoms with Crippen LogP contribution in [0, 0.1) is 20.2 Å². The van der Waals surface area contributed by atoms with Gasteiger partial charge in [0.05, 0.1) is 16.3 Å². The maximum Gasteiger partial charge on any atom is 0.450 e. The molecular formula is C10H12N2O5. The summed E-state index contributed by atoms with van der Waals surface area (Å²) in [6.07, 6.45) is -1.25. The van der Waals surface area contributed by atoms with Gasteiger partial charge in [0.1, 0.15) is 5.75 Å². The van der Waals surface area contributed by atoms with Gasteiger partial charge in [-0.2, -0.15) is 0 Å². The van der Waals surface area contributed by atoms with Crippen molar-refractivity contribution in [3.05, 3.63) is 50.1 Å². The van der Waals surface area contributed by atoms with Crippen LogP contribution in [0.15, 0.2) is 24.3 Å². The third-order valence-electron chi connectivity index (χ3n) is 2.39. The van der Waals surface area contributed by atoms with Crippen LogP contribution in [0.2, 0.25) is 0 Å². The average molecular weight is 240 g/mol. The van der Waals surface area contributed by atoms with Crippen LogP contribution in [0.5, 0.6) is 5.75 Å². The molecule has 0 heterocycles. The Balaban J connectivity index is 2.50. The maximum atomic E-state index is 10.4. The van der Waals surface area contributed by atoms with Gasteiger partial charge >= 0.3 is 6.17 Å². The number of aromatic hydroxyl groups is 1. The van der Waals surface area contributed by atoms with Crippen LogP contribution in [-0.4, -0.2) is 21.1 Å². The predicted octanol–water partition coefficient (Wildman–Crippen LogP) is 1.59. The Morgan fingerprint density at radius 2 is 1.76 bits per heavy atom. The summed E-state index contributed by atoms with van der Waals surface area (Å²) in [4.78, 5) is 18.9. The van der Waals surface area contributed by atoms with Gasteiger partial charge in [-0.25, -0.2) is 0 Å². The maximum absolute atomic E-state index is 10.4. The Kier molecular flexibility index (Phi) is 4.38. The van der Waals surface area contributed by atoms with E-state index in [0.29, 0.717) is 12.0 Å². The van der Waals surface area contributed by atoms with E-state index in [1.54, 1.807) is 18.2 Å². The van der Waals surface area contributed by atoms with Gasteiger partial charge in [-0.15, -0.1) is 0 Å². The first-order valence-electron chi connectivity index (χ1n) is 5.06. The summed E-state index contributed by atoms with van der Waals surface area (Å²) in [5, 5.41) is 30.2. The summed E-state index contributed by atoms with van der Waals surface area (Å²) in [7, 11) is 0. The molecule has 0 aromatic heterocycles. The quantitative estimate of drug-likeness (QED) is 0.461. The molecule has 1 rings (SSSR count). The molecule has 0 aliphatic heterocycles. The smallest absolute Gasteiger partial charge is 0.450 e. The van der Waals surface area contributed by atoms with Gasteiger partial charge in [-0.1, -0.05) is 18.2 Å². The van der Waals surface area contributed by atoms with Crippen LogP contribution in [0.1, 0.15) is 18.4 Å². The molecular weight excluding hydrogens is 228 g/mol. The molecule has 1 aromatic carbocycles. The lowest BCUT2D eigenvalue weighted by Crippen LogP contribution is -2.28. The first-order valence-corrected chi connectivity index (χ1v) is 5.06. The topological polar surface area (TPSA) is 107 Å². The van der Waals surface area contributed by atoms with Crippen molar-refractivity contribution in [2.45, 2.75) is 25.4 Å². The van der Waals surface area contributed by atoms with Crippen molar-refractivity contribution in [2.24, 2.45) is 0 Å². The number of aryl methyl sites for hydroxylation is 1. The minimum atomic E-state index is -1.76. The van der Waals surface area contributed by atoms with Gasteiger partial charge in [-0.05, 0) is 24.5 Å². The Hall–Kier alpha value is -2.18. The summed E-state index contributed by atoms with van der Waals surface area (Å²) >= 11 is 0. The van der Waals surface area contributed by atoms with E-state index in [4.69, 9.17) is 0 Å². The monoisotopic (exact) mass is 240 g/mol. The van der Waals surface area contributed by atoms with Crippen molar-refractivity contribution in [3.63, 3.8) is 0 Å². The molecule has 0 saturated heterocycles. The number of phenolic OH excluding ortho intramolecular Hbond substituents is 1. The molecule has 17 heavy (non-hydrogen) atoms. The lowest BCUT2D eigenvalue weighted by Gasteiger charge is -2.04. The van der Waals surface area contributed by atoms with E-state index in [0.717, 1.165) is 0 Å². The van der Waals surface area contributed by atoms with E-state index in [-0.39, 0.29) is 18.6 Å². The largest absolute Gasteiger partial charge is 0.508 e. The fourth-order valence-corrected chi connectivity index (χ4v) is 1.49. The van der Waals surface area contributed by atoms with Gasteiger partial charge in [0.15, 0.2) is 0 Å². The Labute approximate surface area is 97.0 Å². The van der Waals surface area contributed by atoms with E-state index in [2.05, 4.69) is 0 Å². The van der Waals surface area contributed by atoms with Crippen molar-refractivity contribution in [1.29, 1.82) is 0 Å². The molecule has 0 aliphatic rings. The molecule has 0 amide bonds. The summed E-state index contributed by atoms with van der Waals surface area (Å²) in [5.41, 5.74) is 0.637. The van der Waals surface area contributed by atoms with Gasteiger partial charge < -0.3 is 5.11 Å². The molecule has 1 aromatic rings. The van der Waals surface area contributed by atoms with E-state index in [9.17, 15) is 25.3 Å². The van der Waals surface area contributed by atoms with Crippen LogP contribution in [0.3, 0.4) is 0 Å². The second kappa shape index (κ2) is 5.78. The molecule has 0 fully saturated rings. The Morgan fingerprint density at radius 1 is 1.18 bits per heavy atom. The summed E-state index contributed by atoms with van der Waals surface area (Å²) in [5.74, 6) is 0.103. The van der Waals surface area contributed by atoms with Crippen molar-refractivity contribution in [1.82, 2.24) is 0 Å². The van der Waals surface area contributed by atoms with Crippen LogP contribution >= 0.6 is 0 Å². The zero-order chi connectivity index (χ0) is 12.8. The van der Waals surface area contributed by atoms with Gasteiger partial charge in [0.25, 0.3) is 0 Å². The van der Waals surface area contributed by atoms with E-state index in [1.807, 2.05) is 0 Å². The molecule has 7 heteroatoms. The van der Waals surface area contributed by atoms with E-state index in [1.165, 1.54) is 6.07 Å². The van der Waals surface area contributed by atoms with Crippen LogP contribution < -0.4 is 0 Å². The van der Waals surface area contributed by atoms with Crippen molar-refractivity contribution in [3.8, 4) is 5.75 Å². The second-order valence-electron chi connectivity index (χ2n) is 3.57. The molecule has 0 saturated carbocycles. The van der Waals surface area contributed by atoms with Crippen LogP contribution in [0.25, 0.3) is 0 Å². The minimum Gasteiger partial charge on any atom is -0.508 e. The number of rotatable bonds is 6. The van der Waals surface area contributed by atoms with Crippen molar-refractivity contribution in [2.75, 3.05) is 0 Å². The molecule has 0 spiro atoms. The summed E-state index contributed by atoms with van der Waals surface area (Å²) in [6, 6.07) is 6.58. The number of hydrogen-bond donors (Lipinski definition) is 1. The number of para-hydroxylation sites is 1. The fraction of sp³-hybridized carbons (Fsp3) is 0.400. The predicted molar refractivity (Wildman–Crippen MR) is 58.8 cm³/mol. The summed E-state index contributed by atoms with van der Waals surface area (Å²) < 4.78 is 0. The Bertz CT molecular complexity index is 407. The molecule has 0 bridgehead atoms. The third kappa shape index (κ3) is 3.71. The van der Waals surface area contributed by atoms with E-state index >= 15 is 0 Å².